The van der Waals surface area contributed by atoms with E-state index in [9.17, 15) is 0 Å². The number of hydrogen-bond acceptors (Lipinski definition) is 2. The van der Waals surface area contributed by atoms with Crippen molar-refractivity contribution >= 4 is 15.9 Å². The van der Waals surface area contributed by atoms with Gasteiger partial charge in [0.2, 0.25) is 0 Å². The van der Waals surface area contributed by atoms with Gasteiger partial charge in [0.05, 0.1) is 5.69 Å². The summed E-state index contributed by atoms with van der Waals surface area (Å²) in [5.74, 6) is 0. The van der Waals surface area contributed by atoms with Crippen molar-refractivity contribution in [3.8, 4) is 0 Å². The van der Waals surface area contributed by atoms with E-state index in [-0.39, 0.29) is 6.04 Å². The zero-order valence-electron chi connectivity index (χ0n) is 10.0. The van der Waals surface area contributed by atoms with Crippen LogP contribution in [-0.2, 0) is 13.5 Å². The van der Waals surface area contributed by atoms with Gasteiger partial charge < -0.3 is 5.73 Å². The molecule has 0 amide bonds. The van der Waals surface area contributed by atoms with Gasteiger partial charge in [-0.1, -0.05) is 28.1 Å². The average Bonchev–Trinajstić information content (AvgIpc) is 2.68. The second-order valence-corrected chi connectivity index (χ2v) is 5.15. The highest BCUT2D eigenvalue weighted by atomic mass is 79.9. The van der Waals surface area contributed by atoms with Crippen LogP contribution in [0.1, 0.15) is 22.9 Å². The highest BCUT2D eigenvalue weighted by Gasteiger charge is 2.10. The lowest BCUT2D eigenvalue weighted by atomic mass is 10.0. The van der Waals surface area contributed by atoms with Crippen LogP contribution in [0.4, 0.5) is 0 Å². The molecule has 0 aliphatic rings. The molecule has 90 valence electrons. The van der Waals surface area contributed by atoms with Crippen molar-refractivity contribution in [2.45, 2.75) is 19.4 Å². The van der Waals surface area contributed by atoms with E-state index in [0.717, 1.165) is 22.2 Å². The van der Waals surface area contributed by atoms with Crippen molar-refractivity contribution in [1.29, 1.82) is 0 Å². The van der Waals surface area contributed by atoms with Crippen molar-refractivity contribution in [1.82, 2.24) is 9.78 Å². The molecule has 0 radical (unpaired) electrons. The second-order valence-electron chi connectivity index (χ2n) is 4.30. The van der Waals surface area contributed by atoms with Crippen LogP contribution in [0, 0.1) is 6.92 Å². The lowest BCUT2D eigenvalue weighted by Gasteiger charge is -2.11. The first-order chi connectivity index (χ1) is 8.06. The quantitative estimate of drug-likeness (QED) is 0.946. The predicted octanol–water partition coefficient (Wildman–Crippen LogP) is 2.73. The van der Waals surface area contributed by atoms with Gasteiger partial charge in [0.25, 0.3) is 0 Å². The molecule has 2 rings (SSSR count). The maximum absolute atomic E-state index is 6.19. The van der Waals surface area contributed by atoms with Crippen molar-refractivity contribution in [3.63, 3.8) is 0 Å². The molecule has 1 aromatic heterocycles. The number of benzene rings is 1. The number of nitrogens with zero attached hydrogens (tertiary/aromatic N) is 2. The van der Waals surface area contributed by atoms with Gasteiger partial charge in [-0.15, -0.1) is 0 Å². The fraction of sp³-hybridized carbons (Fsp3) is 0.308. The Hall–Kier alpha value is -1.13. The highest BCUT2D eigenvalue weighted by molar-refractivity contribution is 9.10. The summed E-state index contributed by atoms with van der Waals surface area (Å²) in [6.45, 7) is 2.07. The number of halogens is 1. The molecule has 0 aliphatic carbocycles. The SMILES string of the molecule is Cc1ccc(C(N)Cc2ccn(C)n2)cc1Br. The summed E-state index contributed by atoms with van der Waals surface area (Å²) in [6.07, 6.45) is 2.70. The van der Waals surface area contributed by atoms with E-state index in [1.807, 2.05) is 19.3 Å². The molecular weight excluding hydrogens is 278 g/mol. The Morgan fingerprint density at radius 3 is 2.76 bits per heavy atom. The van der Waals surface area contributed by atoms with Crippen molar-refractivity contribution < 1.29 is 0 Å². The molecule has 1 aromatic carbocycles. The summed E-state index contributed by atoms with van der Waals surface area (Å²) < 4.78 is 2.90. The van der Waals surface area contributed by atoms with Crippen LogP contribution in [-0.4, -0.2) is 9.78 Å². The third kappa shape index (κ3) is 2.96. The highest BCUT2D eigenvalue weighted by Crippen LogP contribution is 2.22. The Balaban J connectivity index is 2.14. The Morgan fingerprint density at radius 1 is 1.41 bits per heavy atom. The summed E-state index contributed by atoms with van der Waals surface area (Å²) >= 11 is 3.53. The maximum atomic E-state index is 6.19. The van der Waals surface area contributed by atoms with Gasteiger partial charge in [-0.3, -0.25) is 4.68 Å². The lowest BCUT2D eigenvalue weighted by Crippen LogP contribution is -2.14. The number of rotatable bonds is 3. The molecule has 0 saturated heterocycles. The Labute approximate surface area is 110 Å². The summed E-state index contributed by atoms with van der Waals surface area (Å²) in [7, 11) is 1.91. The molecular formula is C13H16BrN3. The molecule has 0 bridgehead atoms. The van der Waals surface area contributed by atoms with E-state index >= 15 is 0 Å². The van der Waals surface area contributed by atoms with Crippen molar-refractivity contribution in [2.75, 3.05) is 0 Å². The minimum Gasteiger partial charge on any atom is -0.324 e. The van der Waals surface area contributed by atoms with Gasteiger partial charge >= 0.3 is 0 Å². The first kappa shape index (κ1) is 12.3. The fourth-order valence-electron chi connectivity index (χ4n) is 1.75. The van der Waals surface area contributed by atoms with Gasteiger partial charge in [0, 0.05) is 30.2 Å². The van der Waals surface area contributed by atoms with Crippen LogP contribution in [0.2, 0.25) is 0 Å². The van der Waals surface area contributed by atoms with Gasteiger partial charge in [0.15, 0.2) is 0 Å². The fourth-order valence-corrected chi connectivity index (χ4v) is 2.15. The number of aromatic nitrogens is 2. The lowest BCUT2D eigenvalue weighted by molar-refractivity contribution is 0.675. The summed E-state index contributed by atoms with van der Waals surface area (Å²) in [5, 5.41) is 4.34. The first-order valence-corrected chi connectivity index (χ1v) is 6.35. The molecule has 0 saturated carbocycles. The van der Waals surface area contributed by atoms with E-state index in [1.54, 1.807) is 4.68 Å². The van der Waals surface area contributed by atoms with Gasteiger partial charge in [-0.05, 0) is 30.2 Å². The standard InChI is InChI=1S/C13H16BrN3/c1-9-3-4-10(7-12(9)14)13(15)8-11-5-6-17(2)16-11/h3-7,13H,8,15H2,1-2H3. The van der Waals surface area contributed by atoms with E-state index in [4.69, 9.17) is 5.73 Å². The molecule has 2 N–H and O–H groups in total. The van der Waals surface area contributed by atoms with Crippen LogP contribution < -0.4 is 5.73 Å². The molecule has 4 heteroatoms. The minimum absolute atomic E-state index is 0.0122. The Morgan fingerprint density at radius 2 is 2.18 bits per heavy atom. The van der Waals surface area contributed by atoms with Gasteiger partial charge in [-0.25, -0.2) is 0 Å². The molecule has 0 aliphatic heterocycles. The predicted molar refractivity (Wildman–Crippen MR) is 72.7 cm³/mol. The molecule has 2 aromatic rings. The molecule has 1 unspecified atom stereocenters. The van der Waals surface area contributed by atoms with Crippen LogP contribution in [0.15, 0.2) is 34.9 Å². The van der Waals surface area contributed by atoms with Gasteiger partial charge in [0.1, 0.15) is 0 Å². The third-order valence-electron chi connectivity index (χ3n) is 2.82. The maximum Gasteiger partial charge on any atom is 0.0643 e. The summed E-state index contributed by atoms with van der Waals surface area (Å²) in [5.41, 5.74) is 9.56. The smallest absolute Gasteiger partial charge is 0.0643 e. The minimum atomic E-state index is -0.0122. The number of nitrogens with two attached hydrogens (primary N) is 1. The van der Waals surface area contributed by atoms with Crippen LogP contribution >= 0.6 is 15.9 Å². The third-order valence-corrected chi connectivity index (χ3v) is 3.68. The Bertz CT molecular complexity index is 519. The van der Waals surface area contributed by atoms with Crippen molar-refractivity contribution in [3.05, 3.63) is 51.8 Å². The van der Waals surface area contributed by atoms with Crippen LogP contribution in [0.3, 0.4) is 0 Å². The Kier molecular flexibility index (Phi) is 3.64. The molecule has 1 atom stereocenters. The molecule has 1 heterocycles. The zero-order chi connectivity index (χ0) is 12.4. The number of aryl methyl sites for hydroxylation is 2. The van der Waals surface area contributed by atoms with E-state index in [0.29, 0.717) is 0 Å². The summed E-state index contributed by atoms with van der Waals surface area (Å²) in [6, 6.07) is 8.24. The second kappa shape index (κ2) is 5.02. The van der Waals surface area contributed by atoms with Gasteiger partial charge in [-0.2, -0.15) is 5.10 Å². The van der Waals surface area contributed by atoms with E-state index < -0.39 is 0 Å². The monoisotopic (exact) mass is 293 g/mol. The molecule has 3 nitrogen and oxygen atoms in total. The normalized spacial score (nSPS) is 12.7. The number of hydrogen-bond donors (Lipinski definition) is 1. The topological polar surface area (TPSA) is 43.8 Å². The van der Waals surface area contributed by atoms with Crippen molar-refractivity contribution in [2.24, 2.45) is 12.8 Å². The van der Waals surface area contributed by atoms with Crippen LogP contribution in [0.5, 0.6) is 0 Å². The first-order valence-electron chi connectivity index (χ1n) is 5.56. The van der Waals surface area contributed by atoms with E-state index in [1.165, 1.54) is 5.56 Å². The zero-order valence-corrected chi connectivity index (χ0v) is 11.6. The molecule has 0 spiro atoms. The van der Waals surface area contributed by atoms with Crippen LogP contribution in [0.25, 0.3) is 0 Å². The van der Waals surface area contributed by atoms with E-state index in [2.05, 4.69) is 46.2 Å². The summed E-state index contributed by atoms with van der Waals surface area (Å²) in [4.78, 5) is 0. The molecule has 0 fully saturated rings. The average molecular weight is 294 g/mol. The largest absolute Gasteiger partial charge is 0.324 e. The molecule has 17 heavy (non-hydrogen) atoms.